The van der Waals surface area contributed by atoms with E-state index in [4.69, 9.17) is 38.3 Å². The molecule has 0 aliphatic heterocycles. The molecule has 0 spiro atoms. The van der Waals surface area contributed by atoms with Crippen LogP contribution in [0.5, 0.6) is 0 Å². The zero-order chi connectivity index (χ0) is 68.7. The van der Waals surface area contributed by atoms with E-state index < -0.39 is 251 Å². The van der Waals surface area contributed by atoms with Gasteiger partial charge < -0.3 is 0 Å². The molecule has 12 rings (SSSR count). The van der Waals surface area contributed by atoms with Gasteiger partial charge >= 0.3 is 0 Å². The van der Waals surface area contributed by atoms with Crippen LogP contribution in [0.4, 0.5) is 0 Å². The van der Waals surface area contributed by atoms with E-state index in [2.05, 4.69) is 0 Å². The second-order valence-electron chi connectivity index (χ2n) is 13.7. The summed E-state index contributed by atoms with van der Waals surface area (Å²) < 4.78 is 291. The number of aromatic nitrogens is 5. The molecule has 5 nitrogen and oxygen atoms in total. The standard InChI is InChI=1S/C57H39N5Si/c1-4-20-40(21-5-1)41-22-18-28-45(38-41)63(43-24-6-2-7-25-43,44-26-8-3-9-27-44)46-29-19-23-42(39-46)55-58-56(61-51-34-14-10-30-47(51)48-31-11-15-35-52(48)61)60-57(59-55)62-53-36-16-12-32-49(53)50-33-13-17-37-54(50)62/h1-39H/i1D,2D,3D,4D,5D,6D,7D,8D,9D,10D,12D,14D,16D,18D,19D,20D,21D,22D,23D,24D,25D,26D,27D,28D,29D,30D,32D,34D,36D,38D,39D. The van der Waals surface area contributed by atoms with Gasteiger partial charge in [0, 0.05) is 27.1 Å². The van der Waals surface area contributed by atoms with Gasteiger partial charge in [-0.25, -0.2) is 0 Å². The first-order valence-electron chi connectivity index (χ1n) is 34.3. The summed E-state index contributed by atoms with van der Waals surface area (Å²) in [4.78, 5) is 14.4. The quantitative estimate of drug-likeness (QED) is 0.113. The van der Waals surface area contributed by atoms with Crippen molar-refractivity contribution in [1.82, 2.24) is 24.1 Å². The summed E-state index contributed by atoms with van der Waals surface area (Å²) in [6.45, 7) is 0. The molecule has 0 aliphatic carbocycles. The minimum absolute atomic E-state index is 0.0658. The second kappa shape index (κ2) is 15.1. The molecule has 3 heterocycles. The molecule has 0 bridgehead atoms. The number of fused-ring (bicyclic) bond motifs is 6. The monoisotopic (exact) mass is 852 g/mol. The van der Waals surface area contributed by atoms with Crippen molar-refractivity contribution in [2.24, 2.45) is 0 Å². The van der Waals surface area contributed by atoms with Gasteiger partial charge in [-0.3, -0.25) is 9.13 Å². The largest absolute Gasteiger partial charge is 0.278 e. The third-order valence-electron chi connectivity index (χ3n) is 10.3. The van der Waals surface area contributed by atoms with Crippen molar-refractivity contribution in [3.63, 3.8) is 0 Å². The summed E-state index contributed by atoms with van der Waals surface area (Å²) in [5.74, 6) is -2.26. The topological polar surface area (TPSA) is 48.5 Å². The van der Waals surface area contributed by atoms with Crippen LogP contribution in [0, 0.1) is 0 Å². The normalized spacial score (nSPS) is 18.7. The first-order chi connectivity index (χ1) is 44.1. The summed E-state index contributed by atoms with van der Waals surface area (Å²) in [7, 11) is -6.72. The van der Waals surface area contributed by atoms with Gasteiger partial charge in [-0.1, -0.05) is 212 Å². The number of nitrogens with zero attached hydrogens (tertiary/aromatic N) is 5. The Morgan fingerprint density at radius 3 is 1.29 bits per heavy atom. The van der Waals surface area contributed by atoms with Crippen molar-refractivity contribution < 1.29 is 42.5 Å². The predicted octanol–water partition coefficient (Wildman–Crippen LogP) is 10.8. The lowest BCUT2D eigenvalue weighted by molar-refractivity contribution is 0.893. The van der Waals surface area contributed by atoms with E-state index in [1.165, 1.54) is 36.4 Å². The van der Waals surface area contributed by atoms with E-state index in [-0.39, 0.29) is 43.6 Å². The molecule has 0 saturated heterocycles. The molecular formula is C57H39N5Si. The highest BCUT2D eigenvalue weighted by atomic mass is 28.3. The summed E-state index contributed by atoms with van der Waals surface area (Å²) >= 11 is 0. The van der Waals surface area contributed by atoms with Crippen LogP contribution in [0.3, 0.4) is 0 Å². The lowest BCUT2D eigenvalue weighted by atomic mass is 10.1. The molecule has 0 unspecified atom stereocenters. The van der Waals surface area contributed by atoms with Gasteiger partial charge in [0.05, 0.1) is 64.6 Å². The van der Waals surface area contributed by atoms with E-state index in [0.717, 1.165) is 9.13 Å². The Bertz CT molecular complexity index is 5180. The molecule has 0 fully saturated rings. The zero-order valence-corrected chi connectivity index (χ0v) is 32.9. The van der Waals surface area contributed by atoms with E-state index in [1.807, 2.05) is 0 Å². The minimum atomic E-state index is -6.72. The second-order valence-corrected chi connectivity index (χ2v) is 17.2. The van der Waals surface area contributed by atoms with Crippen LogP contribution < -0.4 is 20.7 Å². The van der Waals surface area contributed by atoms with Crippen molar-refractivity contribution in [3.05, 3.63) is 236 Å². The first kappa shape index (κ1) is 16.9. The first-order valence-corrected chi connectivity index (χ1v) is 20.8. The number of para-hydroxylation sites is 4. The maximum absolute atomic E-state index is 10.7. The summed E-state index contributed by atoms with van der Waals surface area (Å²) in [5.41, 5.74) is -3.61. The molecule has 6 heteroatoms. The van der Waals surface area contributed by atoms with Crippen LogP contribution in [0.25, 0.3) is 78.0 Å². The number of hydrogen-bond donors (Lipinski definition) is 0. The molecule has 0 radical (unpaired) electrons. The molecule has 0 aliphatic rings. The average molecular weight is 853 g/mol. The minimum Gasteiger partial charge on any atom is -0.278 e. The lowest BCUT2D eigenvalue weighted by Gasteiger charge is -2.35. The third kappa shape index (κ3) is 5.95. The van der Waals surface area contributed by atoms with E-state index in [0.29, 0.717) is 0 Å². The van der Waals surface area contributed by atoms with Crippen molar-refractivity contribution >= 4 is 72.4 Å². The van der Waals surface area contributed by atoms with Gasteiger partial charge in [-0.15, -0.1) is 0 Å². The smallest absolute Gasteiger partial charge is 0.240 e. The van der Waals surface area contributed by atoms with Crippen LogP contribution in [0.15, 0.2) is 236 Å². The third-order valence-corrected chi connectivity index (χ3v) is 14.3. The molecule has 0 N–H and O–H groups in total. The molecule has 0 amide bonds. The maximum atomic E-state index is 10.7. The van der Waals surface area contributed by atoms with Crippen LogP contribution in [0.1, 0.15) is 42.5 Å². The highest BCUT2D eigenvalue weighted by molar-refractivity contribution is 7.20. The number of hydrogen-bond acceptors (Lipinski definition) is 3. The van der Waals surface area contributed by atoms with Gasteiger partial charge in [0.2, 0.25) is 11.9 Å². The zero-order valence-electron chi connectivity index (χ0n) is 62.9. The van der Waals surface area contributed by atoms with Crippen molar-refractivity contribution in [1.29, 1.82) is 0 Å². The Balaban J connectivity index is 1.38. The molecule has 12 aromatic rings. The predicted molar refractivity (Wildman–Crippen MR) is 263 cm³/mol. The van der Waals surface area contributed by atoms with Crippen LogP contribution >= 0.6 is 0 Å². The molecule has 3 aromatic heterocycles. The summed E-state index contributed by atoms with van der Waals surface area (Å²) in [6, 6.07) is -21.7. The lowest BCUT2D eigenvalue weighted by Crippen LogP contribution is -2.74. The number of benzene rings is 9. The van der Waals surface area contributed by atoms with E-state index >= 15 is 0 Å². The van der Waals surface area contributed by atoms with Crippen LogP contribution in [0.2, 0.25) is 0 Å². The Kier molecular flexibility index (Phi) is 4.05. The fourth-order valence-electron chi connectivity index (χ4n) is 7.72. The van der Waals surface area contributed by atoms with E-state index in [1.54, 1.807) is 12.1 Å². The molecule has 63 heavy (non-hydrogen) atoms. The van der Waals surface area contributed by atoms with Gasteiger partial charge in [0.1, 0.15) is 0 Å². The highest BCUT2D eigenvalue weighted by Gasteiger charge is 2.42. The van der Waals surface area contributed by atoms with Crippen LogP contribution in [-0.4, -0.2) is 32.2 Å². The molecular weight excluding hydrogens is 783 g/mol. The van der Waals surface area contributed by atoms with Gasteiger partial charge in [0.15, 0.2) is 13.9 Å². The van der Waals surface area contributed by atoms with Crippen molar-refractivity contribution in [2.75, 3.05) is 0 Å². The fourth-order valence-corrected chi connectivity index (χ4v) is 11.3. The Morgan fingerprint density at radius 1 is 0.333 bits per heavy atom. The van der Waals surface area contributed by atoms with Crippen molar-refractivity contribution in [3.8, 4) is 34.4 Å². The van der Waals surface area contributed by atoms with Crippen molar-refractivity contribution in [2.45, 2.75) is 0 Å². The Morgan fingerprint density at radius 2 is 0.746 bits per heavy atom. The Hall–Kier alpha value is -8.19. The molecule has 296 valence electrons. The van der Waals surface area contributed by atoms with Crippen LogP contribution in [-0.2, 0) is 0 Å². The summed E-state index contributed by atoms with van der Waals surface area (Å²) in [5, 5.41) is -4.82. The SMILES string of the molecule is [2H]c1c([2H])c([2H])c(-c2c([2H])c([2H])c([2H])c([Si](c3c([2H])c([2H])c([2H])c([2H])c3[2H])(c3c([2H])c([2H])c([2H])c([2H])c3[2H])c3c([2H])c([2H])c([2H])c(-c4nc(-n5c6ccccc6c6c([2H])c([2H])c([2H])c([2H])c65)nc(-n5c6ccccc6c6c([2H])c([2H])c([2H])c([2H])c65)n4)c3[2H])c2[2H])c([2H])c1[2H]. The average Bonchev–Trinajstić information content (AvgIpc) is 0.905. The molecule has 0 atom stereocenters. The maximum Gasteiger partial charge on any atom is 0.240 e. The van der Waals surface area contributed by atoms with Gasteiger partial charge in [0.25, 0.3) is 0 Å². The fraction of sp³-hybridized carbons (Fsp3) is 0. The van der Waals surface area contributed by atoms with E-state index in [9.17, 15) is 19.2 Å². The molecule has 0 saturated carbocycles. The van der Waals surface area contributed by atoms with Gasteiger partial charge in [-0.2, -0.15) is 15.0 Å². The van der Waals surface area contributed by atoms with Gasteiger partial charge in [-0.05, 0) is 56.1 Å². The summed E-state index contributed by atoms with van der Waals surface area (Å²) in [6.07, 6.45) is 0. The number of rotatable bonds is 8. The highest BCUT2D eigenvalue weighted by Crippen LogP contribution is 2.34. The Labute approximate surface area is 409 Å². The molecule has 9 aromatic carbocycles.